The van der Waals surface area contributed by atoms with Gasteiger partial charge in [0.25, 0.3) is 0 Å². The zero-order valence-electron chi connectivity index (χ0n) is 14.5. The van der Waals surface area contributed by atoms with Crippen molar-refractivity contribution in [3.8, 4) is 0 Å². The number of aliphatic hydroxyl groups is 1. The summed E-state index contributed by atoms with van der Waals surface area (Å²) in [6, 6.07) is 14.9. The van der Waals surface area contributed by atoms with Gasteiger partial charge in [-0.3, -0.25) is 4.99 Å². The van der Waals surface area contributed by atoms with E-state index in [0.29, 0.717) is 24.7 Å². The van der Waals surface area contributed by atoms with Gasteiger partial charge in [-0.15, -0.1) is 0 Å². The number of benzene rings is 2. The molecule has 2 aliphatic rings. The van der Waals surface area contributed by atoms with Gasteiger partial charge in [-0.25, -0.2) is 0 Å². The summed E-state index contributed by atoms with van der Waals surface area (Å²) in [5.41, 5.74) is -0.825. The lowest BCUT2D eigenvalue weighted by molar-refractivity contribution is -0.138. The van der Waals surface area contributed by atoms with Crippen LogP contribution in [0.2, 0.25) is 0 Å². The first-order valence-electron chi connectivity index (χ1n) is 8.82. The normalized spacial score (nSPS) is 24.8. The molecular weight excluding hydrogens is 373 g/mol. The van der Waals surface area contributed by atoms with Crippen LogP contribution in [0.25, 0.3) is 0 Å². The predicted molar refractivity (Wildman–Crippen MR) is 100 cm³/mol. The van der Waals surface area contributed by atoms with E-state index >= 15 is 0 Å². The van der Waals surface area contributed by atoms with Crippen LogP contribution in [0.5, 0.6) is 0 Å². The Morgan fingerprint density at radius 1 is 1.15 bits per heavy atom. The Morgan fingerprint density at radius 3 is 2.67 bits per heavy atom. The number of hydrogen-bond acceptors (Lipinski definition) is 4. The number of amidine groups is 1. The minimum atomic E-state index is -4.44. The van der Waals surface area contributed by atoms with Crippen LogP contribution in [0.4, 0.5) is 13.2 Å². The molecule has 7 heteroatoms. The Balaban J connectivity index is 1.67. The van der Waals surface area contributed by atoms with E-state index in [9.17, 15) is 18.3 Å². The fourth-order valence-corrected chi connectivity index (χ4v) is 5.14. The minimum absolute atomic E-state index is 0.273. The second kappa shape index (κ2) is 6.87. The summed E-state index contributed by atoms with van der Waals surface area (Å²) in [5.74, 6) is 0. The molecule has 2 unspecified atom stereocenters. The Kier molecular flexibility index (Phi) is 4.68. The smallest absolute Gasteiger partial charge is 0.366 e. The highest BCUT2D eigenvalue weighted by Gasteiger charge is 2.53. The molecule has 142 valence electrons. The van der Waals surface area contributed by atoms with Gasteiger partial charge in [0, 0.05) is 12.1 Å². The van der Waals surface area contributed by atoms with E-state index < -0.39 is 17.5 Å². The van der Waals surface area contributed by atoms with Crippen LogP contribution in [0.15, 0.2) is 59.6 Å². The molecule has 0 amide bonds. The highest BCUT2D eigenvalue weighted by atomic mass is 32.2. The molecule has 2 heterocycles. The number of rotatable bonds is 4. The molecule has 1 N–H and O–H groups in total. The monoisotopic (exact) mass is 392 g/mol. The third-order valence-corrected chi connectivity index (χ3v) is 6.47. The first kappa shape index (κ1) is 18.4. The SMILES string of the molecule is OC1(c2cccc(C(F)(F)F)c2)C(CCc2ccccc2)SC2=NCCN21. The van der Waals surface area contributed by atoms with Crippen LogP contribution in [-0.2, 0) is 18.3 Å². The van der Waals surface area contributed by atoms with Crippen molar-refractivity contribution in [1.29, 1.82) is 0 Å². The zero-order chi connectivity index (χ0) is 19.1. The number of hydrogen-bond donors (Lipinski definition) is 1. The Bertz CT molecular complexity index is 856. The average Bonchev–Trinajstić information content (AvgIpc) is 3.23. The molecule has 2 aromatic rings. The topological polar surface area (TPSA) is 35.8 Å². The van der Waals surface area contributed by atoms with E-state index in [1.807, 2.05) is 30.3 Å². The fourth-order valence-electron chi connectivity index (χ4n) is 3.70. The van der Waals surface area contributed by atoms with Gasteiger partial charge in [-0.05, 0) is 30.5 Å². The Hall–Kier alpha value is -1.99. The number of alkyl halides is 3. The summed E-state index contributed by atoms with van der Waals surface area (Å²) in [6.07, 6.45) is -3.07. The highest BCUT2D eigenvalue weighted by Crippen LogP contribution is 2.48. The summed E-state index contributed by atoms with van der Waals surface area (Å²) in [7, 11) is 0. The van der Waals surface area contributed by atoms with Crippen LogP contribution in [0.3, 0.4) is 0 Å². The molecule has 0 aromatic heterocycles. The van der Waals surface area contributed by atoms with Crippen LogP contribution in [-0.4, -0.2) is 33.5 Å². The van der Waals surface area contributed by atoms with E-state index in [2.05, 4.69) is 4.99 Å². The molecule has 0 bridgehead atoms. The summed E-state index contributed by atoms with van der Waals surface area (Å²) in [5, 5.41) is 12.0. The van der Waals surface area contributed by atoms with Gasteiger partial charge in [0.2, 0.25) is 0 Å². The number of aryl methyl sites for hydroxylation is 1. The third-order valence-electron chi connectivity index (χ3n) is 5.06. The molecule has 27 heavy (non-hydrogen) atoms. The number of aliphatic imine (C=N–C) groups is 1. The summed E-state index contributed by atoms with van der Waals surface area (Å²) < 4.78 is 39.6. The lowest BCUT2D eigenvalue weighted by Crippen LogP contribution is -2.48. The third kappa shape index (κ3) is 3.34. The molecule has 0 saturated carbocycles. The van der Waals surface area contributed by atoms with Gasteiger partial charge in [-0.1, -0.05) is 54.2 Å². The lowest BCUT2D eigenvalue weighted by Gasteiger charge is -2.36. The highest BCUT2D eigenvalue weighted by molar-refractivity contribution is 8.14. The minimum Gasteiger partial charge on any atom is -0.366 e. The number of nitrogens with zero attached hydrogens (tertiary/aromatic N) is 2. The van der Waals surface area contributed by atoms with Gasteiger partial charge >= 0.3 is 6.18 Å². The van der Waals surface area contributed by atoms with Crippen molar-refractivity contribution in [2.45, 2.75) is 30.0 Å². The molecule has 2 aromatic carbocycles. The van der Waals surface area contributed by atoms with Crippen LogP contribution < -0.4 is 0 Å². The molecule has 0 aliphatic carbocycles. The van der Waals surface area contributed by atoms with Crippen LogP contribution in [0.1, 0.15) is 23.1 Å². The van der Waals surface area contributed by atoms with Crippen molar-refractivity contribution in [2.75, 3.05) is 13.1 Å². The summed E-state index contributed by atoms with van der Waals surface area (Å²) in [6.45, 7) is 1.06. The first-order valence-corrected chi connectivity index (χ1v) is 9.70. The van der Waals surface area contributed by atoms with Gasteiger partial charge in [-0.2, -0.15) is 13.2 Å². The maximum atomic E-state index is 13.2. The summed E-state index contributed by atoms with van der Waals surface area (Å²) >= 11 is 1.46. The maximum Gasteiger partial charge on any atom is 0.416 e. The molecule has 0 spiro atoms. The van der Waals surface area contributed by atoms with Gasteiger partial charge in [0.05, 0.1) is 17.4 Å². The largest absolute Gasteiger partial charge is 0.416 e. The molecule has 3 nitrogen and oxygen atoms in total. The second-order valence-electron chi connectivity index (χ2n) is 6.75. The lowest BCUT2D eigenvalue weighted by atomic mass is 9.92. The van der Waals surface area contributed by atoms with E-state index in [1.165, 1.54) is 17.8 Å². The van der Waals surface area contributed by atoms with E-state index in [1.54, 1.807) is 11.0 Å². The molecule has 4 rings (SSSR count). The van der Waals surface area contributed by atoms with E-state index in [-0.39, 0.29) is 10.8 Å². The predicted octanol–water partition coefficient (Wildman–Crippen LogP) is 4.27. The van der Waals surface area contributed by atoms with Crippen LogP contribution in [0, 0.1) is 0 Å². The Morgan fingerprint density at radius 2 is 1.93 bits per heavy atom. The first-order chi connectivity index (χ1) is 12.9. The number of fused-ring (bicyclic) bond motifs is 1. The van der Waals surface area contributed by atoms with E-state index in [4.69, 9.17) is 0 Å². The maximum absolute atomic E-state index is 13.2. The molecule has 2 aliphatic heterocycles. The molecule has 2 atom stereocenters. The molecule has 1 fully saturated rings. The fraction of sp³-hybridized carbons (Fsp3) is 0.350. The summed E-state index contributed by atoms with van der Waals surface area (Å²) in [4.78, 5) is 6.17. The van der Waals surface area contributed by atoms with Crippen molar-refractivity contribution in [3.63, 3.8) is 0 Å². The number of thioether (sulfide) groups is 1. The van der Waals surface area contributed by atoms with Crippen molar-refractivity contribution in [1.82, 2.24) is 4.90 Å². The van der Waals surface area contributed by atoms with Crippen molar-refractivity contribution in [2.24, 2.45) is 4.99 Å². The van der Waals surface area contributed by atoms with Gasteiger partial charge < -0.3 is 10.0 Å². The van der Waals surface area contributed by atoms with Crippen molar-refractivity contribution < 1.29 is 18.3 Å². The number of halogens is 3. The standard InChI is InChI=1S/C20H19F3N2OS/c21-20(22,23)16-8-4-7-15(13-16)19(26)17(27-18-24-11-12-25(18)19)10-9-14-5-2-1-3-6-14/h1-8,13,17,26H,9-12H2. The zero-order valence-corrected chi connectivity index (χ0v) is 15.3. The molecule has 1 saturated heterocycles. The average molecular weight is 392 g/mol. The van der Waals surface area contributed by atoms with Crippen molar-refractivity contribution in [3.05, 3.63) is 71.3 Å². The Labute approximate surface area is 159 Å². The second-order valence-corrected chi connectivity index (χ2v) is 7.92. The quantitative estimate of drug-likeness (QED) is 0.844. The van der Waals surface area contributed by atoms with Crippen LogP contribution >= 0.6 is 11.8 Å². The van der Waals surface area contributed by atoms with Gasteiger partial charge in [0.1, 0.15) is 0 Å². The van der Waals surface area contributed by atoms with Gasteiger partial charge in [0.15, 0.2) is 10.9 Å². The van der Waals surface area contributed by atoms with E-state index in [0.717, 1.165) is 24.1 Å². The van der Waals surface area contributed by atoms with Crippen molar-refractivity contribution >= 4 is 16.9 Å². The molecular formula is C20H19F3N2OS. The molecule has 0 radical (unpaired) electrons.